The summed E-state index contributed by atoms with van der Waals surface area (Å²) in [6, 6.07) is 6.28. The van der Waals surface area contributed by atoms with Crippen LogP contribution < -0.4 is 15.4 Å². The average molecular weight is 380 g/mol. The second-order valence-corrected chi connectivity index (χ2v) is 7.13. The lowest BCUT2D eigenvalue weighted by Crippen LogP contribution is -2.44. The van der Waals surface area contributed by atoms with Crippen LogP contribution >= 0.6 is 23.1 Å². The van der Waals surface area contributed by atoms with E-state index in [1.807, 2.05) is 18.6 Å². The Labute approximate surface area is 155 Å². The molecule has 1 aromatic carbocycles. The Kier molecular flexibility index (Phi) is 7.27. The maximum Gasteiger partial charge on any atom is 0.255 e. The van der Waals surface area contributed by atoms with Crippen LogP contribution in [0.1, 0.15) is 22.5 Å². The molecular formula is C17H21N3O3S2. The van der Waals surface area contributed by atoms with Gasteiger partial charge in [-0.2, -0.15) is 11.8 Å². The third-order valence-electron chi connectivity index (χ3n) is 3.43. The third kappa shape index (κ3) is 5.47. The summed E-state index contributed by atoms with van der Waals surface area (Å²) in [5.74, 6) is 0.613. The average Bonchev–Trinajstić information content (AvgIpc) is 3.02. The van der Waals surface area contributed by atoms with E-state index < -0.39 is 6.04 Å². The topological polar surface area (TPSA) is 80.3 Å². The Hall–Kier alpha value is -2.06. The second kappa shape index (κ2) is 9.43. The quantitative estimate of drug-likeness (QED) is 0.737. The third-order valence-corrected chi connectivity index (χ3v) is 4.95. The molecule has 2 aromatic rings. The molecule has 6 nitrogen and oxygen atoms in total. The molecule has 2 rings (SSSR count). The molecule has 0 saturated carbocycles. The van der Waals surface area contributed by atoms with Crippen molar-refractivity contribution in [2.75, 3.05) is 24.4 Å². The molecule has 8 heteroatoms. The summed E-state index contributed by atoms with van der Waals surface area (Å²) in [4.78, 5) is 29.3. The van der Waals surface area contributed by atoms with Crippen LogP contribution in [0.2, 0.25) is 0 Å². The van der Waals surface area contributed by atoms with Crippen molar-refractivity contribution in [3.63, 3.8) is 0 Å². The van der Waals surface area contributed by atoms with E-state index in [0.29, 0.717) is 22.9 Å². The number of ether oxygens (including phenoxy) is 1. The van der Waals surface area contributed by atoms with Gasteiger partial charge in [-0.15, -0.1) is 11.3 Å². The van der Waals surface area contributed by atoms with E-state index in [-0.39, 0.29) is 11.8 Å². The number of aryl methyl sites for hydroxylation is 1. The standard InChI is InChI=1S/C17H21N3O3S2/c1-11-10-25-17(18-11)20-16(22)13(8-9-24-3)19-15(21)12-6-4-5-7-14(12)23-2/h4-7,10,13H,8-9H2,1-3H3,(H,19,21)(H,18,20,22). The molecule has 1 unspecified atom stereocenters. The smallest absolute Gasteiger partial charge is 0.255 e. The van der Waals surface area contributed by atoms with Crippen LogP contribution in [-0.4, -0.2) is 42.0 Å². The normalized spacial score (nSPS) is 11.6. The summed E-state index contributed by atoms with van der Waals surface area (Å²) in [5, 5.41) is 7.96. The highest BCUT2D eigenvalue weighted by Crippen LogP contribution is 2.18. The molecule has 0 spiro atoms. The molecule has 25 heavy (non-hydrogen) atoms. The van der Waals surface area contributed by atoms with Gasteiger partial charge in [0.25, 0.3) is 5.91 Å². The van der Waals surface area contributed by atoms with Crippen molar-refractivity contribution in [2.45, 2.75) is 19.4 Å². The molecule has 0 bridgehead atoms. The first-order chi connectivity index (χ1) is 12.0. The van der Waals surface area contributed by atoms with Gasteiger partial charge >= 0.3 is 0 Å². The van der Waals surface area contributed by atoms with E-state index in [1.165, 1.54) is 18.4 Å². The van der Waals surface area contributed by atoms with Crippen molar-refractivity contribution in [3.05, 3.63) is 40.9 Å². The number of thiazole rings is 1. The number of methoxy groups -OCH3 is 1. The molecule has 0 aliphatic carbocycles. The maximum atomic E-state index is 12.6. The van der Waals surface area contributed by atoms with Gasteiger partial charge in [0.1, 0.15) is 11.8 Å². The number of nitrogens with zero attached hydrogens (tertiary/aromatic N) is 1. The monoisotopic (exact) mass is 379 g/mol. The minimum Gasteiger partial charge on any atom is -0.496 e. The number of hydrogen-bond donors (Lipinski definition) is 2. The summed E-state index contributed by atoms with van der Waals surface area (Å²) in [6.45, 7) is 1.86. The lowest BCUT2D eigenvalue weighted by atomic mass is 10.1. The van der Waals surface area contributed by atoms with Gasteiger partial charge < -0.3 is 15.4 Å². The predicted octanol–water partition coefficient (Wildman–Crippen LogP) is 2.95. The Bertz CT molecular complexity index is 733. The minimum atomic E-state index is -0.644. The number of rotatable bonds is 8. The fourth-order valence-electron chi connectivity index (χ4n) is 2.18. The van der Waals surface area contributed by atoms with Crippen LogP contribution in [0.5, 0.6) is 5.75 Å². The first-order valence-corrected chi connectivity index (χ1v) is 9.98. The van der Waals surface area contributed by atoms with Gasteiger partial charge in [0.05, 0.1) is 18.4 Å². The molecule has 0 radical (unpaired) electrons. The van der Waals surface area contributed by atoms with Crippen molar-refractivity contribution in [2.24, 2.45) is 0 Å². The second-order valence-electron chi connectivity index (χ2n) is 5.29. The van der Waals surface area contributed by atoms with Gasteiger partial charge in [-0.3, -0.25) is 9.59 Å². The zero-order valence-electron chi connectivity index (χ0n) is 14.4. The van der Waals surface area contributed by atoms with Gasteiger partial charge in [-0.1, -0.05) is 12.1 Å². The first-order valence-electron chi connectivity index (χ1n) is 7.71. The SMILES string of the molecule is COc1ccccc1C(=O)NC(CCSC)C(=O)Nc1nc(C)cs1. The molecule has 134 valence electrons. The number of carbonyl (C=O) groups is 2. The zero-order valence-corrected chi connectivity index (χ0v) is 16.0. The first kappa shape index (κ1) is 19.3. The Morgan fingerprint density at radius 2 is 2.12 bits per heavy atom. The lowest BCUT2D eigenvalue weighted by Gasteiger charge is -2.18. The van der Waals surface area contributed by atoms with Crippen molar-refractivity contribution in [1.29, 1.82) is 0 Å². The predicted molar refractivity (Wildman–Crippen MR) is 103 cm³/mol. The van der Waals surface area contributed by atoms with E-state index in [1.54, 1.807) is 36.0 Å². The summed E-state index contributed by atoms with van der Waals surface area (Å²) in [6.07, 6.45) is 2.49. The number of hydrogen-bond acceptors (Lipinski definition) is 6. The molecule has 1 aromatic heterocycles. The zero-order chi connectivity index (χ0) is 18.2. The van der Waals surface area contributed by atoms with E-state index >= 15 is 0 Å². The van der Waals surface area contributed by atoms with E-state index in [4.69, 9.17) is 4.74 Å². The number of amides is 2. The number of carbonyl (C=O) groups excluding carboxylic acids is 2. The summed E-state index contributed by atoms with van der Waals surface area (Å²) in [5.41, 5.74) is 1.25. The highest BCUT2D eigenvalue weighted by atomic mass is 32.2. The van der Waals surface area contributed by atoms with Crippen LogP contribution in [0.4, 0.5) is 5.13 Å². The Morgan fingerprint density at radius 1 is 1.36 bits per heavy atom. The number of anilines is 1. The fourth-order valence-corrected chi connectivity index (χ4v) is 3.34. The summed E-state index contributed by atoms with van der Waals surface area (Å²) >= 11 is 2.98. The maximum absolute atomic E-state index is 12.6. The van der Waals surface area contributed by atoms with Gasteiger partial charge in [0.2, 0.25) is 5.91 Å². The van der Waals surface area contributed by atoms with Crippen molar-refractivity contribution in [1.82, 2.24) is 10.3 Å². The number of aromatic nitrogens is 1. The largest absolute Gasteiger partial charge is 0.496 e. The van der Waals surface area contributed by atoms with Crippen LogP contribution in [-0.2, 0) is 4.79 Å². The number of thioether (sulfide) groups is 1. The number of benzene rings is 1. The number of para-hydroxylation sites is 1. The Morgan fingerprint density at radius 3 is 2.76 bits per heavy atom. The van der Waals surface area contributed by atoms with Gasteiger partial charge in [-0.25, -0.2) is 4.98 Å². The molecule has 0 fully saturated rings. The molecule has 0 aliphatic heterocycles. The van der Waals surface area contributed by atoms with E-state index in [2.05, 4.69) is 15.6 Å². The van der Waals surface area contributed by atoms with Crippen LogP contribution in [0.3, 0.4) is 0 Å². The lowest BCUT2D eigenvalue weighted by molar-refractivity contribution is -0.118. The van der Waals surface area contributed by atoms with E-state index in [0.717, 1.165) is 11.4 Å². The van der Waals surface area contributed by atoms with Crippen molar-refractivity contribution < 1.29 is 14.3 Å². The molecule has 2 N–H and O–H groups in total. The van der Waals surface area contributed by atoms with Gasteiger partial charge in [0, 0.05) is 5.38 Å². The molecular weight excluding hydrogens is 358 g/mol. The minimum absolute atomic E-state index is 0.272. The molecule has 2 amide bonds. The van der Waals surface area contributed by atoms with Crippen LogP contribution in [0.15, 0.2) is 29.6 Å². The van der Waals surface area contributed by atoms with Crippen molar-refractivity contribution >= 4 is 40.0 Å². The molecule has 0 aliphatic rings. The van der Waals surface area contributed by atoms with Gasteiger partial charge in [-0.05, 0) is 37.5 Å². The van der Waals surface area contributed by atoms with Gasteiger partial charge in [0.15, 0.2) is 5.13 Å². The summed E-state index contributed by atoms with van der Waals surface area (Å²) in [7, 11) is 1.51. The highest BCUT2D eigenvalue weighted by molar-refractivity contribution is 7.98. The fraction of sp³-hybridized carbons (Fsp3) is 0.353. The van der Waals surface area contributed by atoms with E-state index in [9.17, 15) is 9.59 Å². The van der Waals surface area contributed by atoms with Crippen LogP contribution in [0, 0.1) is 6.92 Å². The molecule has 1 heterocycles. The highest BCUT2D eigenvalue weighted by Gasteiger charge is 2.23. The molecule has 0 saturated heterocycles. The molecule has 1 atom stereocenters. The number of nitrogens with one attached hydrogen (secondary N) is 2. The Balaban J connectivity index is 2.10. The summed E-state index contributed by atoms with van der Waals surface area (Å²) < 4.78 is 5.21. The van der Waals surface area contributed by atoms with Crippen molar-refractivity contribution in [3.8, 4) is 5.75 Å². The van der Waals surface area contributed by atoms with Crippen LogP contribution in [0.25, 0.3) is 0 Å².